The SMILES string of the molecule is COc1ccc2c(c1)[C@H]1OCC3(CCN(C(=O)c4cccc(C)n4)CC3)C[C@@H]1C(C)(C)O2. The van der Waals surface area contributed by atoms with E-state index in [1.807, 2.05) is 42.2 Å². The Balaban J connectivity index is 1.32. The number of carbonyl (C=O) groups is 1. The Kier molecular flexibility index (Phi) is 5.16. The van der Waals surface area contributed by atoms with Gasteiger partial charge in [-0.2, -0.15) is 0 Å². The number of likely N-dealkylation sites (tertiary alicyclic amines) is 1. The molecule has 1 aromatic carbocycles. The lowest BCUT2D eigenvalue weighted by atomic mass is 9.64. The van der Waals surface area contributed by atoms with E-state index in [1.165, 1.54) is 0 Å². The molecule has 1 spiro atoms. The lowest BCUT2D eigenvalue weighted by molar-refractivity contribution is -0.173. The van der Waals surface area contributed by atoms with Crippen LogP contribution in [0.2, 0.25) is 0 Å². The first kappa shape index (κ1) is 21.3. The standard InChI is InChI=1S/C26H32N2O4/c1-17-6-5-7-21(27-17)24(29)28-12-10-26(11-13-28)15-20-23(31-16-26)19-14-18(30-4)8-9-22(19)32-25(20,2)3/h5-9,14,20,23H,10-13,15-16H2,1-4H3/t20-,23+/m0/s1. The summed E-state index contributed by atoms with van der Waals surface area (Å²) >= 11 is 0. The highest BCUT2D eigenvalue weighted by Crippen LogP contribution is 2.55. The molecule has 2 saturated heterocycles. The van der Waals surface area contributed by atoms with Crippen LogP contribution in [0.15, 0.2) is 36.4 Å². The molecule has 170 valence electrons. The first-order chi connectivity index (χ1) is 15.3. The normalized spacial score (nSPS) is 25.4. The summed E-state index contributed by atoms with van der Waals surface area (Å²) in [5.41, 5.74) is 2.25. The zero-order chi connectivity index (χ0) is 22.5. The molecule has 6 heteroatoms. The Hall–Kier alpha value is -2.60. The third-order valence-electron chi connectivity index (χ3n) is 7.60. The van der Waals surface area contributed by atoms with Crippen molar-refractivity contribution in [2.45, 2.75) is 51.7 Å². The van der Waals surface area contributed by atoms with Gasteiger partial charge in [-0.1, -0.05) is 6.07 Å². The summed E-state index contributed by atoms with van der Waals surface area (Å²) in [5, 5.41) is 0. The molecule has 4 heterocycles. The van der Waals surface area contributed by atoms with Gasteiger partial charge in [-0.15, -0.1) is 0 Å². The lowest BCUT2D eigenvalue weighted by Crippen LogP contribution is -2.54. The average Bonchev–Trinajstić information content (AvgIpc) is 2.79. The van der Waals surface area contributed by atoms with E-state index in [1.54, 1.807) is 7.11 Å². The quantitative estimate of drug-likeness (QED) is 0.690. The molecule has 0 bridgehead atoms. The fraction of sp³-hybridized carbons (Fsp3) is 0.538. The number of rotatable bonds is 2. The van der Waals surface area contributed by atoms with E-state index in [0.29, 0.717) is 12.3 Å². The number of aromatic nitrogens is 1. The molecule has 1 aromatic heterocycles. The molecule has 0 unspecified atom stereocenters. The molecule has 32 heavy (non-hydrogen) atoms. The predicted molar refractivity (Wildman–Crippen MR) is 121 cm³/mol. The van der Waals surface area contributed by atoms with E-state index >= 15 is 0 Å². The number of hydrogen-bond donors (Lipinski definition) is 0. The van der Waals surface area contributed by atoms with Crippen molar-refractivity contribution in [2.24, 2.45) is 11.3 Å². The van der Waals surface area contributed by atoms with Crippen molar-refractivity contribution in [3.8, 4) is 11.5 Å². The fourth-order valence-corrected chi connectivity index (χ4v) is 5.62. The summed E-state index contributed by atoms with van der Waals surface area (Å²) in [5.74, 6) is 1.99. The highest BCUT2D eigenvalue weighted by atomic mass is 16.5. The number of carbonyl (C=O) groups excluding carboxylic acids is 1. The van der Waals surface area contributed by atoms with E-state index in [2.05, 4.69) is 24.9 Å². The van der Waals surface area contributed by atoms with Gasteiger partial charge in [-0.3, -0.25) is 4.79 Å². The lowest BCUT2D eigenvalue weighted by Gasteiger charge is -2.54. The first-order valence-corrected chi connectivity index (χ1v) is 11.5. The number of benzene rings is 1. The number of amides is 1. The smallest absolute Gasteiger partial charge is 0.272 e. The van der Waals surface area contributed by atoms with Crippen LogP contribution in [-0.2, 0) is 4.74 Å². The van der Waals surface area contributed by atoms with Gasteiger partial charge in [0.1, 0.15) is 22.8 Å². The Morgan fingerprint density at radius 2 is 1.97 bits per heavy atom. The molecule has 2 fully saturated rings. The van der Waals surface area contributed by atoms with Crippen LogP contribution in [0.5, 0.6) is 11.5 Å². The van der Waals surface area contributed by atoms with Gasteiger partial charge in [0.25, 0.3) is 5.91 Å². The minimum Gasteiger partial charge on any atom is -0.497 e. The maximum absolute atomic E-state index is 13.0. The van der Waals surface area contributed by atoms with Gasteiger partial charge in [-0.05, 0) is 75.8 Å². The van der Waals surface area contributed by atoms with E-state index in [4.69, 9.17) is 14.2 Å². The highest BCUT2D eigenvalue weighted by Gasteiger charge is 2.53. The zero-order valence-electron chi connectivity index (χ0n) is 19.4. The summed E-state index contributed by atoms with van der Waals surface area (Å²) < 4.78 is 18.5. The minimum absolute atomic E-state index is 0.00521. The molecular weight excluding hydrogens is 404 g/mol. The molecule has 6 nitrogen and oxygen atoms in total. The van der Waals surface area contributed by atoms with Crippen LogP contribution in [0.4, 0.5) is 0 Å². The van der Waals surface area contributed by atoms with Crippen molar-refractivity contribution in [1.29, 1.82) is 0 Å². The number of aryl methyl sites for hydroxylation is 1. The molecular formula is C26H32N2O4. The molecule has 3 aliphatic heterocycles. The van der Waals surface area contributed by atoms with E-state index in [-0.39, 0.29) is 28.9 Å². The number of hydrogen-bond acceptors (Lipinski definition) is 5. The second kappa shape index (κ2) is 7.77. The Bertz CT molecular complexity index is 1030. The van der Waals surface area contributed by atoms with Crippen LogP contribution in [0.25, 0.3) is 0 Å². The van der Waals surface area contributed by atoms with E-state index in [0.717, 1.165) is 55.1 Å². The van der Waals surface area contributed by atoms with Crippen molar-refractivity contribution in [1.82, 2.24) is 9.88 Å². The van der Waals surface area contributed by atoms with E-state index < -0.39 is 0 Å². The van der Waals surface area contributed by atoms with Gasteiger partial charge in [-0.25, -0.2) is 4.98 Å². The van der Waals surface area contributed by atoms with Crippen molar-refractivity contribution >= 4 is 5.91 Å². The number of nitrogens with zero attached hydrogens (tertiary/aromatic N) is 2. The molecule has 0 N–H and O–H groups in total. The number of pyridine rings is 1. The summed E-state index contributed by atoms with van der Waals surface area (Å²) in [6, 6.07) is 11.6. The predicted octanol–water partition coefficient (Wildman–Crippen LogP) is 4.57. The number of methoxy groups -OCH3 is 1. The Morgan fingerprint density at radius 3 is 2.69 bits per heavy atom. The first-order valence-electron chi connectivity index (χ1n) is 11.5. The summed E-state index contributed by atoms with van der Waals surface area (Å²) in [7, 11) is 1.69. The Labute approximate surface area is 189 Å². The second-order valence-electron chi connectivity index (χ2n) is 10.1. The number of ether oxygens (including phenoxy) is 3. The molecule has 5 rings (SSSR count). The van der Waals surface area contributed by atoms with Crippen molar-refractivity contribution in [3.05, 3.63) is 53.3 Å². The van der Waals surface area contributed by atoms with Gasteiger partial charge in [0.2, 0.25) is 0 Å². The Morgan fingerprint density at radius 1 is 1.19 bits per heavy atom. The molecule has 0 aliphatic carbocycles. The van der Waals surface area contributed by atoms with Gasteiger partial charge < -0.3 is 19.1 Å². The van der Waals surface area contributed by atoms with Crippen molar-refractivity contribution < 1.29 is 19.0 Å². The average molecular weight is 437 g/mol. The third kappa shape index (κ3) is 3.64. The molecule has 0 saturated carbocycles. The molecule has 1 amide bonds. The van der Waals surface area contributed by atoms with Crippen LogP contribution in [-0.4, -0.2) is 48.2 Å². The zero-order valence-corrected chi connectivity index (χ0v) is 19.4. The molecule has 3 aliphatic rings. The van der Waals surface area contributed by atoms with Crippen molar-refractivity contribution in [3.63, 3.8) is 0 Å². The largest absolute Gasteiger partial charge is 0.497 e. The van der Waals surface area contributed by atoms with E-state index in [9.17, 15) is 4.79 Å². The van der Waals surface area contributed by atoms with Crippen LogP contribution in [0.1, 0.15) is 61.0 Å². The van der Waals surface area contributed by atoms with Gasteiger partial charge in [0, 0.05) is 30.3 Å². The topological polar surface area (TPSA) is 60.9 Å². The number of piperidine rings is 1. The van der Waals surface area contributed by atoms with Gasteiger partial charge >= 0.3 is 0 Å². The van der Waals surface area contributed by atoms with Crippen LogP contribution in [0, 0.1) is 18.3 Å². The molecule has 2 atom stereocenters. The maximum Gasteiger partial charge on any atom is 0.272 e. The maximum atomic E-state index is 13.0. The van der Waals surface area contributed by atoms with Gasteiger partial charge in [0.05, 0.1) is 19.8 Å². The third-order valence-corrected chi connectivity index (χ3v) is 7.60. The second-order valence-corrected chi connectivity index (χ2v) is 10.1. The number of fused-ring (bicyclic) bond motifs is 3. The van der Waals surface area contributed by atoms with Crippen LogP contribution >= 0.6 is 0 Å². The monoisotopic (exact) mass is 436 g/mol. The van der Waals surface area contributed by atoms with Crippen LogP contribution < -0.4 is 9.47 Å². The summed E-state index contributed by atoms with van der Waals surface area (Å²) in [4.78, 5) is 19.3. The van der Waals surface area contributed by atoms with Crippen LogP contribution in [0.3, 0.4) is 0 Å². The van der Waals surface area contributed by atoms with Crippen molar-refractivity contribution in [2.75, 3.05) is 26.8 Å². The fourth-order valence-electron chi connectivity index (χ4n) is 5.62. The summed E-state index contributed by atoms with van der Waals surface area (Å²) in [6.07, 6.45) is 2.92. The molecule has 2 aromatic rings. The van der Waals surface area contributed by atoms with Gasteiger partial charge in [0.15, 0.2) is 0 Å². The highest BCUT2D eigenvalue weighted by molar-refractivity contribution is 5.92. The molecule has 0 radical (unpaired) electrons. The summed E-state index contributed by atoms with van der Waals surface area (Å²) in [6.45, 7) is 8.44. The minimum atomic E-state index is -0.321.